The number of amides is 1. The van der Waals surface area contributed by atoms with Gasteiger partial charge in [0.1, 0.15) is 0 Å². The number of halogens is 1. The monoisotopic (exact) mass is 341 g/mol. The lowest BCUT2D eigenvalue weighted by molar-refractivity contribution is -0.120. The van der Waals surface area contributed by atoms with E-state index in [0.29, 0.717) is 18.0 Å². The second-order valence-corrected chi connectivity index (χ2v) is 6.47. The maximum atomic E-state index is 12.4. The van der Waals surface area contributed by atoms with E-state index in [2.05, 4.69) is 17.1 Å². The highest BCUT2D eigenvalue weighted by molar-refractivity contribution is 5.94. The predicted octanol–water partition coefficient (Wildman–Crippen LogP) is 1.83. The average Bonchev–Trinajstić information content (AvgIpc) is 3.13. The molecule has 0 aromatic heterocycles. The van der Waals surface area contributed by atoms with Crippen molar-refractivity contribution in [3.05, 3.63) is 18.2 Å². The average molecular weight is 342 g/mol. The summed E-state index contributed by atoms with van der Waals surface area (Å²) in [4.78, 5) is 14.6. The molecule has 2 atom stereocenters. The van der Waals surface area contributed by atoms with Gasteiger partial charge >= 0.3 is 0 Å². The highest BCUT2D eigenvalue weighted by Crippen LogP contribution is 2.34. The van der Waals surface area contributed by atoms with Gasteiger partial charge < -0.3 is 20.5 Å². The van der Waals surface area contributed by atoms with Crippen LogP contribution in [0.3, 0.4) is 0 Å². The zero-order valence-corrected chi connectivity index (χ0v) is 14.3. The van der Waals surface area contributed by atoms with Crippen molar-refractivity contribution in [3.8, 4) is 11.5 Å². The summed E-state index contributed by atoms with van der Waals surface area (Å²) in [5.41, 5.74) is 6.67. The van der Waals surface area contributed by atoms with Gasteiger partial charge in [0.2, 0.25) is 12.7 Å². The Morgan fingerprint density at radius 1 is 1.43 bits per heavy atom. The van der Waals surface area contributed by atoms with Gasteiger partial charge in [-0.1, -0.05) is 6.92 Å². The fourth-order valence-corrected chi connectivity index (χ4v) is 2.95. The third-order valence-corrected chi connectivity index (χ3v) is 4.65. The summed E-state index contributed by atoms with van der Waals surface area (Å²) >= 11 is 0. The molecule has 3 N–H and O–H groups in total. The SMILES string of the molecule is CC(C(=O)Nc1ccc2c(c1)OCO2)N1CCC(C)(CN)C1.Cl. The fourth-order valence-electron chi connectivity index (χ4n) is 2.95. The Labute approximate surface area is 142 Å². The van der Waals surface area contributed by atoms with Crippen LogP contribution in [-0.2, 0) is 4.79 Å². The number of anilines is 1. The van der Waals surface area contributed by atoms with Gasteiger partial charge in [-0.25, -0.2) is 0 Å². The number of likely N-dealkylation sites (tertiary alicyclic amines) is 1. The van der Waals surface area contributed by atoms with Crippen LogP contribution in [0.15, 0.2) is 18.2 Å². The molecule has 0 radical (unpaired) electrons. The smallest absolute Gasteiger partial charge is 0.241 e. The molecule has 1 saturated heterocycles. The van der Waals surface area contributed by atoms with Crippen molar-refractivity contribution in [1.82, 2.24) is 4.90 Å². The molecule has 2 unspecified atom stereocenters. The zero-order valence-electron chi connectivity index (χ0n) is 13.5. The summed E-state index contributed by atoms with van der Waals surface area (Å²) in [5, 5.41) is 2.95. The van der Waals surface area contributed by atoms with Gasteiger partial charge in [-0.15, -0.1) is 12.4 Å². The van der Waals surface area contributed by atoms with E-state index in [0.717, 1.165) is 25.2 Å². The first-order valence-corrected chi connectivity index (χ1v) is 7.65. The molecule has 0 aliphatic carbocycles. The fraction of sp³-hybridized carbons (Fsp3) is 0.562. The minimum atomic E-state index is -0.182. The van der Waals surface area contributed by atoms with Gasteiger partial charge in [-0.05, 0) is 44.0 Å². The van der Waals surface area contributed by atoms with Crippen LogP contribution < -0.4 is 20.5 Å². The molecule has 1 aromatic carbocycles. The summed E-state index contributed by atoms with van der Waals surface area (Å²) in [6.07, 6.45) is 1.03. The first-order valence-electron chi connectivity index (χ1n) is 7.65. The number of hydrogen-bond acceptors (Lipinski definition) is 5. The number of nitrogens with one attached hydrogen (secondary N) is 1. The van der Waals surface area contributed by atoms with Crippen molar-refractivity contribution in [2.75, 3.05) is 31.7 Å². The van der Waals surface area contributed by atoms with Crippen molar-refractivity contribution >= 4 is 24.0 Å². The molecule has 2 aliphatic heterocycles. The first-order chi connectivity index (χ1) is 10.5. The molecule has 1 aromatic rings. The maximum absolute atomic E-state index is 12.4. The molecule has 0 spiro atoms. The van der Waals surface area contributed by atoms with Crippen LogP contribution in [0.25, 0.3) is 0 Å². The maximum Gasteiger partial charge on any atom is 0.241 e. The topological polar surface area (TPSA) is 76.8 Å². The molecule has 128 valence electrons. The summed E-state index contributed by atoms with van der Waals surface area (Å²) in [5.74, 6) is 1.37. The van der Waals surface area contributed by atoms with Crippen LogP contribution in [-0.4, -0.2) is 43.3 Å². The Bertz CT molecular complexity index is 584. The van der Waals surface area contributed by atoms with Crippen LogP contribution in [0, 0.1) is 5.41 Å². The summed E-state index contributed by atoms with van der Waals surface area (Å²) in [6.45, 7) is 6.76. The lowest BCUT2D eigenvalue weighted by atomic mass is 9.90. The lowest BCUT2D eigenvalue weighted by Crippen LogP contribution is -2.42. The predicted molar refractivity (Wildman–Crippen MR) is 91.3 cm³/mol. The van der Waals surface area contributed by atoms with E-state index >= 15 is 0 Å². The third-order valence-electron chi connectivity index (χ3n) is 4.65. The van der Waals surface area contributed by atoms with Crippen LogP contribution in [0.4, 0.5) is 5.69 Å². The lowest BCUT2D eigenvalue weighted by Gasteiger charge is -2.26. The number of nitrogens with two attached hydrogens (primary N) is 1. The van der Waals surface area contributed by atoms with Crippen molar-refractivity contribution < 1.29 is 14.3 Å². The number of rotatable bonds is 4. The van der Waals surface area contributed by atoms with Gasteiger partial charge in [-0.3, -0.25) is 9.69 Å². The Balaban J connectivity index is 0.00000192. The van der Waals surface area contributed by atoms with E-state index in [-0.39, 0.29) is 36.6 Å². The van der Waals surface area contributed by atoms with Crippen LogP contribution >= 0.6 is 12.4 Å². The summed E-state index contributed by atoms with van der Waals surface area (Å²) in [7, 11) is 0. The Morgan fingerprint density at radius 2 is 2.17 bits per heavy atom. The van der Waals surface area contributed by atoms with Crippen LogP contribution in [0.1, 0.15) is 20.3 Å². The molecule has 7 heteroatoms. The standard InChI is InChI=1S/C16H23N3O3.ClH/c1-11(19-6-5-16(2,8-17)9-19)15(20)18-12-3-4-13-14(7-12)22-10-21-13;/h3-4,7,11H,5-6,8-10,17H2,1-2H3,(H,18,20);1H. The van der Waals surface area contributed by atoms with Crippen molar-refractivity contribution in [3.63, 3.8) is 0 Å². The Hall–Kier alpha value is -1.50. The van der Waals surface area contributed by atoms with Gasteiger partial charge in [0.05, 0.1) is 6.04 Å². The van der Waals surface area contributed by atoms with E-state index in [1.165, 1.54) is 0 Å². The van der Waals surface area contributed by atoms with Gasteiger partial charge in [-0.2, -0.15) is 0 Å². The van der Waals surface area contributed by atoms with Gasteiger partial charge in [0.25, 0.3) is 0 Å². The van der Waals surface area contributed by atoms with E-state index in [1.54, 1.807) is 6.07 Å². The minimum Gasteiger partial charge on any atom is -0.454 e. The van der Waals surface area contributed by atoms with Crippen LogP contribution in [0.5, 0.6) is 11.5 Å². The summed E-state index contributed by atoms with van der Waals surface area (Å²) < 4.78 is 10.6. The normalized spacial score (nSPS) is 24.1. The Kier molecular flexibility index (Phi) is 5.39. The van der Waals surface area contributed by atoms with E-state index < -0.39 is 0 Å². The second-order valence-electron chi connectivity index (χ2n) is 6.47. The molecule has 1 fully saturated rings. The number of carbonyl (C=O) groups is 1. The largest absolute Gasteiger partial charge is 0.454 e. The number of nitrogens with zero attached hydrogens (tertiary/aromatic N) is 1. The molecular formula is C16H24ClN3O3. The number of hydrogen-bond donors (Lipinski definition) is 2. The molecule has 6 nitrogen and oxygen atoms in total. The van der Waals surface area contributed by atoms with Gasteiger partial charge in [0.15, 0.2) is 11.5 Å². The first kappa shape index (κ1) is 17.8. The second kappa shape index (κ2) is 6.95. The quantitative estimate of drug-likeness (QED) is 0.873. The number of ether oxygens (including phenoxy) is 2. The van der Waals surface area contributed by atoms with Crippen LogP contribution in [0.2, 0.25) is 0 Å². The molecule has 23 heavy (non-hydrogen) atoms. The zero-order chi connectivity index (χ0) is 15.7. The highest BCUT2D eigenvalue weighted by Gasteiger charge is 2.36. The van der Waals surface area contributed by atoms with Gasteiger partial charge in [0, 0.05) is 18.3 Å². The molecule has 3 rings (SSSR count). The summed E-state index contributed by atoms with van der Waals surface area (Å²) in [6, 6.07) is 5.25. The van der Waals surface area contributed by atoms with Crippen molar-refractivity contribution in [1.29, 1.82) is 0 Å². The molecular weight excluding hydrogens is 318 g/mol. The Morgan fingerprint density at radius 3 is 2.87 bits per heavy atom. The third kappa shape index (κ3) is 3.71. The minimum absolute atomic E-state index is 0. The van der Waals surface area contributed by atoms with Crippen molar-refractivity contribution in [2.24, 2.45) is 11.1 Å². The number of carbonyl (C=O) groups excluding carboxylic acids is 1. The van der Waals surface area contributed by atoms with E-state index in [1.807, 2.05) is 19.1 Å². The molecule has 2 heterocycles. The number of fused-ring (bicyclic) bond motifs is 1. The highest BCUT2D eigenvalue weighted by atomic mass is 35.5. The molecule has 0 saturated carbocycles. The molecule has 2 aliphatic rings. The molecule has 1 amide bonds. The van der Waals surface area contributed by atoms with Crippen molar-refractivity contribution in [2.45, 2.75) is 26.3 Å². The number of benzene rings is 1. The van der Waals surface area contributed by atoms with E-state index in [4.69, 9.17) is 15.2 Å². The molecule has 0 bridgehead atoms. The van der Waals surface area contributed by atoms with E-state index in [9.17, 15) is 4.79 Å².